The number of carbonyl (C=O) groups excluding carboxylic acids is 1. The number of rotatable bonds is 4. The third-order valence-corrected chi connectivity index (χ3v) is 3.60. The number of benzene rings is 1. The van der Waals surface area contributed by atoms with Gasteiger partial charge in [-0.05, 0) is 44.5 Å². The predicted molar refractivity (Wildman–Crippen MR) is 87.4 cm³/mol. The van der Waals surface area contributed by atoms with Crippen LogP contribution in [-0.2, 0) is 4.79 Å². The number of aromatic nitrogens is 2. The Morgan fingerprint density at radius 1 is 1.36 bits per heavy atom. The number of aryl methyl sites for hydroxylation is 2. The Labute approximate surface area is 134 Å². The largest absolute Gasteiger partial charge is 0.348 e. The molecule has 0 saturated heterocycles. The lowest BCUT2D eigenvalue weighted by Crippen LogP contribution is -2.36. The lowest BCUT2D eigenvalue weighted by atomic mass is 10.1. The van der Waals surface area contributed by atoms with Crippen LogP contribution in [0.4, 0.5) is 5.69 Å². The van der Waals surface area contributed by atoms with Crippen LogP contribution < -0.4 is 11.0 Å². The van der Waals surface area contributed by atoms with Crippen LogP contribution in [0.15, 0.2) is 35.1 Å². The fourth-order valence-corrected chi connectivity index (χ4v) is 2.61. The summed E-state index contributed by atoms with van der Waals surface area (Å²) in [6.45, 7) is 5.41. The molecule has 1 N–H and O–H groups in total. The van der Waals surface area contributed by atoms with E-state index in [2.05, 4.69) is 10.3 Å². The quantitative estimate of drug-likeness (QED) is 0.941. The molecular weight excluding hydrogens is 302 g/mol. The van der Waals surface area contributed by atoms with Crippen LogP contribution in [-0.4, -0.2) is 15.5 Å². The highest BCUT2D eigenvalue weighted by Gasteiger charge is 2.22. The summed E-state index contributed by atoms with van der Waals surface area (Å²) in [5.74, 6) is -0.263. The van der Waals surface area contributed by atoms with E-state index in [1.165, 1.54) is 4.57 Å². The smallest absolute Gasteiger partial charge is 0.324 e. The summed E-state index contributed by atoms with van der Waals surface area (Å²) in [6, 6.07) is 8.07. The Kier molecular flexibility index (Phi) is 4.98. The van der Waals surface area contributed by atoms with Crippen LogP contribution in [0.1, 0.15) is 30.8 Å². The van der Waals surface area contributed by atoms with Gasteiger partial charge in [0.05, 0.1) is 0 Å². The van der Waals surface area contributed by atoms with E-state index in [9.17, 15) is 9.59 Å². The van der Waals surface area contributed by atoms with Gasteiger partial charge in [0.25, 0.3) is 0 Å². The maximum Gasteiger partial charge on any atom is 0.348 e. The molecule has 0 radical (unpaired) electrons. The monoisotopic (exact) mass is 319 g/mol. The Bertz CT molecular complexity index is 755. The van der Waals surface area contributed by atoms with Crippen LogP contribution in [0.25, 0.3) is 0 Å². The number of nitrogens with zero attached hydrogens (tertiary/aromatic N) is 2. The molecule has 2 rings (SSSR count). The van der Waals surface area contributed by atoms with Crippen molar-refractivity contribution in [3.63, 3.8) is 0 Å². The van der Waals surface area contributed by atoms with Gasteiger partial charge in [0.1, 0.15) is 6.04 Å². The summed E-state index contributed by atoms with van der Waals surface area (Å²) in [4.78, 5) is 28.5. The Morgan fingerprint density at radius 3 is 2.68 bits per heavy atom. The summed E-state index contributed by atoms with van der Waals surface area (Å²) in [5.41, 5.74) is 1.54. The van der Waals surface area contributed by atoms with E-state index < -0.39 is 11.7 Å². The fourth-order valence-electron chi connectivity index (χ4n) is 2.42. The maximum atomic E-state index is 12.5. The second kappa shape index (κ2) is 6.75. The number of halogens is 1. The van der Waals surface area contributed by atoms with E-state index in [-0.39, 0.29) is 5.91 Å². The van der Waals surface area contributed by atoms with Gasteiger partial charge in [-0.1, -0.05) is 24.6 Å². The van der Waals surface area contributed by atoms with E-state index >= 15 is 0 Å². The maximum absolute atomic E-state index is 12.5. The van der Waals surface area contributed by atoms with Crippen molar-refractivity contribution in [2.24, 2.45) is 0 Å². The van der Waals surface area contributed by atoms with Gasteiger partial charge in [-0.2, -0.15) is 4.98 Å². The first-order valence-electron chi connectivity index (χ1n) is 7.05. The molecule has 5 nitrogen and oxygen atoms in total. The highest BCUT2D eigenvalue weighted by molar-refractivity contribution is 6.30. The highest BCUT2D eigenvalue weighted by Crippen LogP contribution is 2.18. The summed E-state index contributed by atoms with van der Waals surface area (Å²) in [6.07, 6.45) is 0.484. The molecule has 1 unspecified atom stereocenters. The van der Waals surface area contributed by atoms with Crippen molar-refractivity contribution in [2.75, 3.05) is 5.32 Å². The minimum Gasteiger partial charge on any atom is -0.324 e. The average Bonchev–Trinajstić information content (AvgIpc) is 2.42. The third-order valence-electron chi connectivity index (χ3n) is 3.37. The lowest BCUT2D eigenvalue weighted by molar-refractivity contribution is -0.119. The zero-order chi connectivity index (χ0) is 16.3. The molecule has 22 heavy (non-hydrogen) atoms. The van der Waals surface area contributed by atoms with Crippen molar-refractivity contribution in [3.05, 3.63) is 57.2 Å². The second-order valence-electron chi connectivity index (χ2n) is 5.12. The molecule has 0 spiro atoms. The van der Waals surface area contributed by atoms with Crippen LogP contribution in [0.3, 0.4) is 0 Å². The summed E-state index contributed by atoms with van der Waals surface area (Å²) >= 11 is 5.91. The Balaban J connectivity index is 2.32. The first kappa shape index (κ1) is 16.2. The molecule has 0 saturated carbocycles. The zero-order valence-electron chi connectivity index (χ0n) is 12.8. The topological polar surface area (TPSA) is 64.0 Å². The zero-order valence-corrected chi connectivity index (χ0v) is 13.5. The van der Waals surface area contributed by atoms with Crippen molar-refractivity contribution < 1.29 is 4.79 Å². The molecule has 1 amide bonds. The van der Waals surface area contributed by atoms with E-state index in [4.69, 9.17) is 11.6 Å². The molecule has 0 bridgehead atoms. The molecule has 2 aromatic rings. The van der Waals surface area contributed by atoms with Crippen LogP contribution >= 0.6 is 11.6 Å². The molecule has 0 aliphatic carbocycles. The van der Waals surface area contributed by atoms with Gasteiger partial charge >= 0.3 is 5.69 Å². The summed E-state index contributed by atoms with van der Waals surface area (Å²) in [5, 5.41) is 3.33. The SMILES string of the molecule is CCC(C(=O)Nc1cccc(Cl)c1)n1c(C)cc(C)nc1=O. The minimum absolute atomic E-state index is 0.263. The van der Waals surface area contributed by atoms with E-state index in [1.54, 1.807) is 44.2 Å². The van der Waals surface area contributed by atoms with Crippen molar-refractivity contribution in [1.82, 2.24) is 9.55 Å². The number of hydrogen-bond donors (Lipinski definition) is 1. The van der Waals surface area contributed by atoms with Gasteiger partial charge in [0.2, 0.25) is 5.91 Å². The Hall–Kier alpha value is -2.14. The molecule has 6 heteroatoms. The second-order valence-corrected chi connectivity index (χ2v) is 5.55. The van der Waals surface area contributed by atoms with Crippen molar-refractivity contribution in [3.8, 4) is 0 Å². The number of hydrogen-bond acceptors (Lipinski definition) is 3. The van der Waals surface area contributed by atoms with E-state index in [0.29, 0.717) is 28.5 Å². The van der Waals surface area contributed by atoms with Crippen molar-refractivity contribution in [2.45, 2.75) is 33.2 Å². The van der Waals surface area contributed by atoms with Gasteiger partial charge in [0, 0.05) is 22.1 Å². The predicted octanol–water partition coefficient (Wildman–Crippen LogP) is 3.10. The molecule has 0 aliphatic heterocycles. The molecule has 1 heterocycles. The molecule has 1 atom stereocenters. The van der Waals surface area contributed by atoms with E-state index in [1.807, 2.05) is 6.92 Å². The normalized spacial score (nSPS) is 12.0. The average molecular weight is 320 g/mol. The van der Waals surface area contributed by atoms with Crippen LogP contribution in [0, 0.1) is 13.8 Å². The van der Waals surface area contributed by atoms with Crippen LogP contribution in [0.5, 0.6) is 0 Å². The molecule has 0 aliphatic rings. The van der Waals surface area contributed by atoms with Gasteiger partial charge in [0.15, 0.2) is 0 Å². The fraction of sp³-hybridized carbons (Fsp3) is 0.312. The van der Waals surface area contributed by atoms with Gasteiger partial charge < -0.3 is 5.32 Å². The van der Waals surface area contributed by atoms with Gasteiger partial charge in [-0.25, -0.2) is 4.79 Å². The summed E-state index contributed by atoms with van der Waals surface area (Å²) < 4.78 is 1.42. The number of carbonyl (C=O) groups is 1. The van der Waals surface area contributed by atoms with Crippen molar-refractivity contribution >= 4 is 23.2 Å². The van der Waals surface area contributed by atoms with Gasteiger partial charge in [-0.3, -0.25) is 9.36 Å². The number of nitrogens with one attached hydrogen (secondary N) is 1. The number of amides is 1. The molecular formula is C16H18ClN3O2. The molecule has 1 aromatic heterocycles. The van der Waals surface area contributed by atoms with Crippen molar-refractivity contribution in [1.29, 1.82) is 0 Å². The van der Waals surface area contributed by atoms with Gasteiger partial charge in [-0.15, -0.1) is 0 Å². The highest BCUT2D eigenvalue weighted by atomic mass is 35.5. The standard InChI is InChI=1S/C16H18ClN3O2/c1-4-14(20-11(3)8-10(2)18-16(20)22)15(21)19-13-7-5-6-12(17)9-13/h5-9,14H,4H2,1-3H3,(H,19,21). The minimum atomic E-state index is -0.611. The Morgan fingerprint density at radius 2 is 2.09 bits per heavy atom. The number of anilines is 1. The molecule has 0 fully saturated rings. The van der Waals surface area contributed by atoms with Crippen LogP contribution in [0.2, 0.25) is 5.02 Å². The lowest BCUT2D eigenvalue weighted by Gasteiger charge is -2.20. The third kappa shape index (κ3) is 3.54. The first-order valence-corrected chi connectivity index (χ1v) is 7.43. The molecule has 116 valence electrons. The first-order chi connectivity index (χ1) is 10.4. The summed E-state index contributed by atoms with van der Waals surface area (Å²) in [7, 11) is 0. The molecule has 1 aromatic carbocycles. The van der Waals surface area contributed by atoms with E-state index in [0.717, 1.165) is 0 Å².